The molecular formula is C18H21ClN2O2. The van der Waals surface area contributed by atoms with E-state index in [-0.39, 0.29) is 18.3 Å². The van der Waals surface area contributed by atoms with Crippen molar-refractivity contribution in [3.05, 3.63) is 64.7 Å². The second kappa shape index (κ2) is 7.99. The molecule has 2 aromatic carbocycles. The van der Waals surface area contributed by atoms with E-state index in [0.717, 1.165) is 35.3 Å². The molecular weight excluding hydrogens is 312 g/mol. The normalized spacial score (nSPS) is 12.0. The van der Waals surface area contributed by atoms with Crippen LogP contribution in [0.25, 0.3) is 0 Å². The molecule has 4 nitrogen and oxygen atoms in total. The molecule has 0 unspecified atom stereocenters. The van der Waals surface area contributed by atoms with Gasteiger partial charge in [-0.2, -0.15) is 0 Å². The molecule has 0 saturated carbocycles. The number of ether oxygens (including phenoxy) is 1. The van der Waals surface area contributed by atoms with E-state index in [9.17, 15) is 4.79 Å². The van der Waals surface area contributed by atoms with Crippen molar-refractivity contribution in [2.24, 2.45) is 0 Å². The van der Waals surface area contributed by atoms with Gasteiger partial charge in [0.15, 0.2) is 0 Å². The van der Waals surface area contributed by atoms with E-state index < -0.39 is 0 Å². The number of amides is 1. The number of methoxy groups -OCH3 is 1. The van der Waals surface area contributed by atoms with Gasteiger partial charge in [-0.15, -0.1) is 12.4 Å². The van der Waals surface area contributed by atoms with Crippen molar-refractivity contribution < 1.29 is 9.53 Å². The molecule has 3 rings (SSSR count). The average Bonchev–Trinajstić information content (AvgIpc) is 3.01. The molecule has 1 heterocycles. The Morgan fingerprint density at radius 3 is 2.87 bits per heavy atom. The lowest BCUT2D eigenvalue weighted by molar-refractivity contribution is 0.0951. The lowest BCUT2D eigenvalue weighted by atomic mass is 10.1. The van der Waals surface area contributed by atoms with Crippen molar-refractivity contribution >= 4 is 24.0 Å². The molecule has 2 aromatic rings. The fourth-order valence-electron chi connectivity index (χ4n) is 2.73. The number of carbonyl (C=O) groups is 1. The highest BCUT2D eigenvalue weighted by molar-refractivity contribution is 5.95. The highest BCUT2D eigenvalue weighted by Crippen LogP contribution is 2.22. The van der Waals surface area contributed by atoms with Gasteiger partial charge < -0.3 is 15.4 Å². The van der Waals surface area contributed by atoms with Crippen LogP contribution >= 0.6 is 12.4 Å². The molecule has 0 fully saturated rings. The summed E-state index contributed by atoms with van der Waals surface area (Å²) in [7, 11) is 1.68. The van der Waals surface area contributed by atoms with Gasteiger partial charge in [-0.05, 0) is 41.3 Å². The smallest absolute Gasteiger partial charge is 0.251 e. The standard InChI is InChI=1S/C18H20N2O2.ClH/c1-22-12-14-4-2-3-13(9-14)11-20-18(21)16-5-6-17-15(10-16)7-8-19-17;/h2-6,9-10,19H,7-8,11-12H2,1H3,(H,20,21);1H. The van der Waals surface area contributed by atoms with E-state index in [4.69, 9.17) is 4.74 Å². The number of benzene rings is 2. The van der Waals surface area contributed by atoms with Gasteiger partial charge in [0.05, 0.1) is 6.61 Å². The summed E-state index contributed by atoms with van der Waals surface area (Å²) in [6.07, 6.45) is 0.982. The number of fused-ring (bicyclic) bond motifs is 1. The summed E-state index contributed by atoms with van der Waals surface area (Å²) in [6, 6.07) is 13.9. The molecule has 1 aliphatic heterocycles. The van der Waals surface area contributed by atoms with Crippen molar-refractivity contribution in [1.82, 2.24) is 5.32 Å². The van der Waals surface area contributed by atoms with Crippen LogP contribution in [0.1, 0.15) is 27.0 Å². The quantitative estimate of drug-likeness (QED) is 0.884. The molecule has 1 aliphatic rings. The van der Waals surface area contributed by atoms with E-state index in [1.807, 2.05) is 36.4 Å². The van der Waals surface area contributed by atoms with Gasteiger partial charge in [-0.1, -0.05) is 24.3 Å². The summed E-state index contributed by atoms with van der Waals surface area (Å²) in [5, 5.41) is 6.27. The Bertz CT molecular complexity index is 688. The summed E-state index contributed by atoms with van der Waals surface area (Å²) >= 11 is 0. The molecule has 0 bridgehead atoms. The second-order valence-electron chi connectivity index (χ2n) is 5.48. The van der Waals surface area contributed by atoms with E-state index in [1.54, 1.807) is 7.11 Å². The average molecular weight is 333 g/mol. The van der Waals surface area contributed by atoms with Crippen LogP contribution in [0.4, 0.5) is 5.69 Å². The Morgan fingerprint density at radius 1 is 1.22 bits per heavy atom. The second-order valence-corrected chi connectivity index (χ2v) is 5.48. The summed E-state index contributed by atoms with van der Waals surface area (Å²) < 4.78 is 5.13. The topological polar surface area (TPSA) is 50.4 Å². The summed E-state index contributed by atoms with van der Waals surface area (Å²) in [5.74, 6) is -0.0353. The van der Waals surface area contributed by atoms with E-state index in [2.05, 4.69) is 16.7 Å². The molecule has 5 heteroatoms. The molecule has 0 saturated heterocycles. The highest BCUT2D eigenvalue weighted by atomic mass is 35.5. The van der Waals surface area contributed by atoms with Crippen molar-refractivity contribution in [2.75, 3.05) is 19.0 Å². The Labute approximate surface area is 142 Å². The van der Waals surface area contributed by atoms with Crippen molar-refractivity contribution in [2.45, 2.75) is 19.6 Å². The van der Waals surface area contributed by atoms with Crippen LogP contribution in [-0.2, 0) is 24.3 Å². The first-order valence-corrected chi connectivity index (χ1v) is 7.48. The molecule has 2 N–H and O–H groups in total. The molecule has 23 heavy (non-hydrogen) atoms. The lowest BCUT2D eigenvalue weighted by Crippen LogP contribution is -2.22. The number of carbonyl (C=O) groups excluding carboxylic acids is 1. The highest BCUT2D eigenvalue weighted by Gasteiger charge is 2.13. The molecule has 0 aromatic heterocycles. The zero-order valence-corrected chi connectivity index (χ0v) is 13.9. The predicted molar refractivity (Wildman–Crippen MR) is 94.2 cm³/mol. The summed E-state index contributed by atoms with van der Waals surface area (Å²) in [5.41, 5.74) is 5.26. The van der Waals surface area contributed by atoms with Crippen LogP contribution in [0.3, 0.4) is 0 Å². The van der Waals surface area contributed by atoms with Gasteiger partial charge in [0, 0.05) is 31.5 Å². The summed E-state index contributed by atoms with van der Waals surface area (Å²) in [6.45, 7) is 2.05. The maximum atomic E-state index is 12.3. The van der Waals surface area contributed by atoms with Crippen LogP contribution in [0.5, 0.6) is 0 Å². The maximum Gasteiger partial charge on any atom is 0.251 e. The number of anilines is 1. The van der Waals surface area contributed by atoms with Gasteiger partial charge in [0.2, 0.25) is 0 Å². The number of rotatable bonds is 5. The first-order chi connectivity index (χ1) is 10.8. The first-order valence-electron chi connectivity index (χ1n) is 7.48. The first kappa shape index (κ1) is 17.3. The van der Waals surface area contributed by atoms with Crippen LogP contribution in [0.2, 0.25) is 0 Å². The van der Waals surface area contributed by atoms with Crippen LogP contribution in [0, 0.1) is 0 Å². The monoisotopic (exact) mass is 332 g/mol. The van der Waals surface area contributed by atoms with Crippen molar-refractivity contribution in [3.8, 4) is 0 Å². The zero-order valence-electron chi connectivity index (χ0n) is 13.1. The third kappa shape index (κ3) is 4.24. The van der Waals surface area contributed by atoms with Crippen LogP contribution in [-0.4, -0.2) is 19.6 Å². The molecule has 122 valence electrons. The lowest BCUT2D eigenvalue weighted by Gasteiger charge is -2.08. The number of hydrogen-bond acceptors (Lipinski definition) is 3. The fourth-order valence-corrected chi connectivity index (χ4v) is 2.73. The third-order valence-corrected chi connectivity index (χ3v) is 3.83. The fraction of sp³-hybridized carbons (Fsp3) is 0.278. The van der Waals surface area contributed by atoms with Crippen LogP contribution in [0.15, 0.2) is 42.5 Å². The Hall–Kier alpha value is -2.04. The van der Waals surface area contributed by atoms with E-state index >= 15 is 0 Å². The van der Waals surface area contributed by atoms with Gasteiger partial charge in [-0.3, -0.25) is 4.79 Å². The minimum atomic E-state index is -0.0353. The number of nitrogens with one attached hydrogen (secondary N) is 2. The Kier molecular flexibility index (Phi) is 6.02. The molecule has 1 amide bonds. The minimum Gasteiger partial charge on any atom is -0.384 e. The molecule has 0 spiro atoms. The van der Waals surface area contributed by atoms with Crippen molar-refractivity contribution in [1.29, 1.82) is 0 Å². The summed E-state index contributed by atoms with van der Waals surface area (Å²) in [4.78, 5) is 12.3. The number of hydrogen-bond donors (Lipinski definition) is 2. The molecule has 0 radical (unpaired) electrons. The zero-order chi connectivity index (χ0) is 15.4. The minimum absolute atomic E-state index is 0. The molecule has 0 aliphatic carbocycles. The Balaban J connectivity index is 0.00000192. The predicted octanol–water partition coefficient (Wildman–Crippen LogP) is 3.15. The number of halogens is 1. The van der Waals surface area contributed by atoms with Gasteiger partial charge in [-0.25, -0.2) is 0 Å². The van der Waals surface area contributed by atoms with Gasteiger partial charge in [0.25, 0.3) is 5.91 Å². The Morgan fingerprint density at radius 2 is 2.04 bits per heavy atom. The van der Waals surface area contributed by atoms with Crippen LogP contribution < -0.4 is 10.6 Å². The SMILES string of the molecule is COCc1cccc(CNC(=O)c2ccc3c(c2)CCN3)c1.Cl. The van der Waals surface area contributed by atoms with E-state index in [1.165, 1.54) is 5.56 Å². The maximum absolute atomic E-state index is 12.3. The van der Waals surface area contributed by atoms with Gasteiger partial charge in [0.1, 0.15) is 0 Å². The third-order valence-electron chi connectivity index (χ3n) is 3.83. The largest absolute Gasteiger partial charge is 0.384 e. The van der Waals surface area contributed by atoms with E-state index in [0.29, 0.717) is 13.2 Å². The van der Waals surface area contributed by atoms with Gasteiger partial charge >= 0.3 is 0 Å². The van der Waals surface area contributed by atoms with Crippen molar-refractivity contribution in [3.63, 3.8) is 0 Å². The molecule has 0 atom stereocenters.